The zero-order chi connectivity index (χ0) is 18.6. The Morgan fingerprint density at radius 1 is 0.923 bits per heavy atom. The van der Waals surface area contributed by atoms with Crippen molar-refractivity contribution in [3.05, 3.63) is 71.8 Å². The molecule has 2 aromatic carbocycles. The molecule has 0 saturated carbocycles. The van der Waals surface area contributed by atoms with Gasteiger partial charge >= 0.3 is 0 Å². The molecule has 0 bridgehead atoms. The smallest absolute Gasteiger partial charge is 0.184 e. The maximum atomic E-state index is 11.1. The van der Waals surface area contributed by atoms with E-state index in [9.17, 15) is 20.4 Å². The molecule has 0 aromatic heterocycles. The molecule has 26 heavy (non-hydrogen) atoms. The molecule has 6 nitrogen and oxygen atoms in total. The summed E-state index contributed by atoms with van der Waals surface area (Å²) in [7, 11) is 0. The van der Waals surface area contributed by atoms with Crippen molar-refractivity contribution in [2.45, 2.75) is 43.2 Å². The Labute approximate surface area is 152 Å². The molecule has 1 aliphatic heterocycles. The Morgan fingerprint density at radius 2 is 1.50 bits per heavy atom. The molecule has 1 heterocycles. The van der Waals surface area contributed by atoms with E-state index in [1.54, 1.807) is 0 Å². The van der Waals surface area contributed by atoms with Crippen LogP contribution in [0.3, 0.4) is 0 Å². The molecule has 4 N–H and O–H groups in total. The first-order valence-corrected chi connectivity index (χ1v) is 8.59. The summed E-state index contributed by atoms with van der Waals surface area (Å²) in [6.07, 6.45) is -5.12. The summed E-state index contributed by atoms with van der Waals surface area (Å²) in [5, 5.41) is 41.7. The highest BCUT2D eigenvalue weighted by molar-refractivity contribution is 5.20. The monoisotopic (exact) mass is 360 g/mol. The van der Waals surface area contributed by atoms with Gasteiger partial charge in [0.05, 0.1) is 13.2 Å². The standard InChI is InChI=1S/C20H24O6/c21-12-16-20(24,11-14-7-3-1-4-8-14)18(22)17(19(23)26-16)25-13-15-9-5-2-6-10-15/h1-10,16-19,21-24H,11-13H2/t16-,17-,18-,19+,20-/m1/s1. The molecule has 1 fully saturated rings. The van der Waals surface area contributed by atoms with Gasteiger partial charge in [-0.1, -0.05) is 60.7 Å². The summed E-state index contributed by atoms with van der Waals surface area (Å²) in [5.41, 5.74) is -0.159. The van der Waals surface area contributed by atoms with Crippen molar-refractivity contribution >= 4 is 0 Å². The second-order valence-corrected chi connectivity index (χ2v) is 6.56. The SMILES string of the molecule is OC[C@H]1O[C@H](O)[C@H](OCc2ccccc2)[C@@H](O)[C@@]1(O)Cc1ccccc1. The molecule has 1 saturated heterocycles. The Morgan fingerprint density at radius 3 is 2.08 bits per heavy atom. The molecular weight excluding hydrogens is 336 g/mol. The molecule has 0 amide bonds. The van der Waals surface area contributed by atoms with Gasteiger partial charge in [0.25, 0.3) is 0 Å². The zero-order valence-corrected chi connectivity index (χ0v) is 14.3. The number of benzene rings is 2. The van der Waals surface area contributed by atoms with Crippen LogP contribution in [-0.2, 0) is 22.5 Å². The molecule has 140 valence electrons. The van der Waals surface area contributed by atoms with E-state index in [1.807, 2.05) is 60.7 Å². The van der Waals surface area contributed by atoms with Crippen molar-refractivity contribution in [2.24, 2.45) is 0 Å². The Hall–Kier alpha value is -1.80. The van der Waals surface area contributed by atoms with Gasteiger partial charge in [-0.15, -0.1) is 0 Å². The third-order valence-electron chi connectivity index (χ3n) is 4.75. The summed E-state index contributed by atoms with van der Waals surface area (Å²) in [6.45, 7) is -0.392. The van der Waals surface area contributed by atoms with Crippen LogP contribution in [0.2, 0.25) is 0 Å². The minimum atomic E-state index is -1.79. The van der Waals surface area contributed by atoms with Crippen LogP contribution < -0.4 is 0 Å². The predicted molar refractivity (Wildman–Crippen MR) is 94.1 cm³/mol. The van der Waals surface area contributed by atoms with E-state index in [0.29, 0.717) is 0 Å². The van der Waals surface area contributed by atoms with Gasteiger partial charge in [0, 0.05) is 6.42 Å². The largest absolute Gasteiger partial charge is 0.394 e. The highest BCUT2D eigenvalue weighted by Crippen LogP contribution is 2.34. The minimum absolute atomic E-state index is 0.0537. The molecule has 2 aromatic rings. The Bertz CT molecular complexity index is 679. The van der Waals surface area contributed by atoms with Crippen LogP contribution in [0.25, 0.3) is 0 Å². The van der Waals surface area contributed by atoms with Gasteiger partial charge in [0.2, 0.25) is 0 Å². The lowest BCUT2D eigenvalue weighted by molar-refractivity contribution is -0.330. The van der Waals surface area contributed by atoms with Gasteiger partial charge in [-0.25, -0.2) is 0 Å². The van der Waals surface area contributed by atoms with E-state index < -0.39 is 36.8 Å². The van der Waals surface area contributed by atoms with Crippen LogP contribution >= 0.6 is 0 Å². The van der Waals surface area contributed by atoms with Crippen LogP contribution in [-0.4, -0.2) is 57.2 Å². The predicted octanol–water partition coefficient (Wildman–Crippen LogP) is 0.616. The van der Waals surface area contributed by atoms with Crippen LogP contribution in [0.5, 0.6) is 0 Å². The van der Waals surface area contributed by atoms with Gasteiger partial charge < -0.3 is 29.9 Å². The lowest BCUT2D eigenvalue weighted by Crippen LogP contribution is -2.68. The van der Waals surface area contributed by atoms with Crippen LogP contribution in [0.15, 0.2) is 60.7 Å². The highest BCUT2D eigenvalue weighted by Gasteiger charge is 2.55. The molecule has 0 spiro atoms. The molecule has 0 aliphatic carbocycles. The fourth-order valence-electron chi connectivity index (χ4n) is 3.28. The van der Waals surface area contributed by atoms with Gasteiger partial charge in [0.1, 0.15) is 23.9 Å². The fraction of sp³-hybridized carbons (Fsp3) is 0.400. The van der Waals surface area contributed by atoms with Crippen molar-refractivity contribution in [2.75, 3.05) is 6.61 Å². The summed E-state index contributed by atoms with van der Waals surface area (Å²) in [6, 6.07) is 18.4. The molecule has 5 atom stereocenters. The first-order chi connectivity index (χ1) is 12.5. The third kappa shape index (κ3) is 3.96. The van der Waals surface area contributed by atoms with Crippen LogP contribution in [0.4, 0.5) is 0 Å². The van der Waals surface area contributed by atoms with Crippen molar-refractivity contribution in [1.82, 2.24) is 0 Å². The average Bonchev–Trinajstić information content (AvgIpc) is 2.66. The number of ether oxygens (including phenoxy) is 2. The summed E-state index contributed by atoms with van der Waals surface area (Å²) in [4.78, 5) is 0. The average molecular weight is 360 g/mol. The van der Waals surface area contributed by atoms with Crippen LogP contribution in [0.1, 0.15) is 11.1 Å². The molecular formula is C20H24O6. The van der Waals surface area contributed by atoms with E-state index in [0.717, 1.165) is 11.1 Å². The lowest BCUT2D eigenvalue weighted by atomic mass is 9.79. The van der Waals surface area contributed by atoms with Crippen molar-refractivity contribution in [3.63, 3.8) is 0 Å². The molecule has 6 heteroatoms. The van der Waals surface area contributed by atoms with E-state index in [-0.39, 0.29) is 13.0 Å². The quantitative estimate of drug-likeness (QED) is 0.603. The van der Waals surface area contributed by atoms with Crippen LogP contribution in [0, 0.1) is 0 Å². The Kier molecular flexibility index (Phi) is 6.03. The van der Waals surface area contributed by atoms with E-state index in [1.165, 1.54) is 0 Å². The van der Waals surface area contributed by atoms with E-state index in [2.05, 4.69) is 0 Å². The van der Waals surface area contributed by atoms with Crippen molar-refractivity contribution in [1.29, 1.82) is 0 Å². The van der Waals surface area contributed by atoms with Crippen molar-refractivity contribution < 1.29 is 29.9 Å². The van der Waals surface area contributed by atoms with E-state index in [4.69, 9.17) is 9.47 Å². The van der Waals surface area contributed by atoms with Gasteiger partial charge in [-0.05, 0) is 11.1 Å². The normalized spacial score (nSPS) is 31.7. The zero-order valence-electron chi connectivity index (χ0n) is 14.3. The Balaban J connectivity index is 1.78. The summed E-state index contributed by atoms with van der Waals surface area (Å²) in [5.74, 6) is 0. The molecule has 3 rings (SSSR count). The van der Waals surface area contributed by atoms with Gasteiger partial charge in [-0.2, -0.15) is 0 Å². The van der Waals surface area contributed by atoms with Gasteiger partial charge in [-0.3, -0.25) is 0 Å². The summed E-state index contributed by atoms with van der Waals surface area (Å²) < 4.78 is 11.0. The van der Waals surface area contributed by atoms with E-state index >= 15 is 0 Å². The highest BCUT2D eigenvalue weighted by atomic mass is 16.7. The number of rotatable bonds is 6. The van der Waals surface area contributed by atoms with Crippen molar-refractivity contribution in [3.8, 4) is 0 Å². The number of hydrogen-bond donors (Lipinski definition) is 4. The minimum Gasteiger partial charge on any atom is -0.394 e. The van der Waals surface area contributed by atoms with Gasteiger partial charge in [0.15, 0.2) is 6.29 Å². The molecule has 1 aliphatic rings. The molecule has 0 radical (unpaired) electrons. The number of aliphatic hydroxyl groups excluding tert-OH is 3. The maximum absolute atomic E-state index is 11.1. The second kappa shape index (κ2) is 8.26. The number of aliphatic hydroxyl groups is 4. The fourth-order valence-corrected chi connectivity index (χ4v) is 3.28. The lowest BCUT2D eigenvalue weighted by Gasteiger charge is -2.48. The topological polar surface area (TPSA) is 99.4 Å². The summed E-state index contributed by atoms with van der Waals surface area (Å²) >= 11 is 0. The molecule has 0 unspecified atom stereocenters. The second-order valence-electron chi connectivity index (χ2n) is 6.56. The first-order valence-electron chi connectivity index (χ1n) is 8.59. The maximum Gasteiger partial charge on any atom is 0.184 e. The first kappa shape index (κ1) is 19.0. The third-order valence-corrected chi connectivity index (χ3v) is 4.75. The number of hydrogen-bond acceptors (Lipinski definition) is 6.